The number of aliphatic hydroxyl groups excluding tert-OH is 2. The van der Waals surface area contributed by atoms with E-state index in [1.54, 1.807) is 6.08 Å². The van der Waals surface area contributed by atoms with Gasteiger partial charge in [0.05, 0.1) is 18.3 Å². The third-order valence-corrected chi connectivity index (χ3v) is 7.31. The van der Waals surface area contributed by atoms with Crippen LogP contribution in [-0.4, -0.2) is 46.6 Å². The fraction of sp³-hybridized carbons (Fsp3) is 0.758. The molecule has 6 heteroatoms. The summed E-state index contributed by atoms with van der Waals surface area (Å²) in [6.45, 7) is 9.58. The summed E-state index contributed by atoms with van der Waals surface area (Å²) in [6, 6.07) is 0. The number of esters is 2. The van der Waals surface area contributed by atoms with Crippen LogP contribution in [0.15, 0.2) is 37.0 Å². The first kappa shape index (κ1) is 35.1. The maximum Gasteiger partial charge on any atom is 0.306 e. The number of carbonyl (C=O) groups excluding carboxylic acids is 2. The van der Waals surface area contributed by atoms with Gasteiger partial charge in [-0.15, -0.1) is 6.58 Å². The third kappa shape index (κ3) is 16.7. The van der Waals surface area contributed by atoms with Gasteiger partial charge < -0.3 is 19.7 Å². The van der Waals surface area contributed by atoms with Crippen molar-refractivity contribution in [3.8, 4) is 0 Å². The fourth-order valence-electron chi connectivity index (χ4n) is 5.15. The number of carbonyl (C=O) groups is 2. The minimum absolute atomic E-state index is 0.0518. The van der Waals surface area contributed by atoms with Crippen LogP contribution in [0.2, 0.25) is 0 Å². The Hall–Kier alpha value is -1.92. The summed E-state index contributed by atoms with van der Waals surface area (Å²) >= 11 is 0. The highest BCUT2D eigenvalue weighted by molar-refractivity contribution is 5.69. The molecule has 1 aliphatic carbocycles. The van der Waals surface area contributed by atoms with Crippen molar-refractivity contribution in [1.82, 2.24) is 0 Å². The number of ether oxygens (including phenoxy) is 2. The molecule has 224 valence electrons. The quantitative estimate of drug-likeness (QED) is 0.0833. The first-order chi connectivity index (χ1) is 18.8. The standard InChI is InChI=1S/C33H56O6/c1-5-7-9-10-11-12-17-22-33(37)39-31-25-30(35)28(24-23-27(34)19-15-8-6-2)29(31)20-16-13-14-18-21-32(36)38-26(3)4/h5,13,16,23-24,26-31,34-35H,1,6-12,14-15,17-22,25H2,2-4H3/b16-13-,24-23+/t27-,28+,29+,30+,31-/m0/s1. The molecule has 0 aliphatic heterocycles. The maximum atomic E-state index is 12.6. The van der Waals surface area contributed by atoms with Crippen molar-refractivity contribution in [2.24, 2.45) is 11.8 Å². The Kier molecular flexibility index (Phi) is 19.7. The predicted molar refractivity (Wildman–Crippen MR) is 158 cm³/mol. The molecule has 1 fully saturated rings. The van der Waals surface area contributed by atoms with Gasteiger partial charge >= 0.3 is 11.9 Å². The zero-order valence-corrected chi connectivity index (χ0v) is 24.9. The van der Waals surface area contributed by atoms with E-state index in [1.807, 2.05) is 26.0 Å². The van der Waals surface area contributed by atoms with Crippen LogP contribution in [0.1, 0.15) is 124 Å². The largest absolute Gasteiger partial charge is 0.463 e. The molecule has 0 unspecified atom stereocenters. The summed E-state index contributed by atoms with van der Waals surface area (Å²) in [5, 5.41) is 21.2. The molecule has 0 aromatic rings. The van der Waals surface area contributed by atoms with E-state index >= 15 is 0 Å². The number of hydrogen-bond acceptors (Lipinski definition) is 6. The topological polar surface area (TPSA) is 93.1 Å². The summed E-state index contributed by atoms with van der Waals surface area (Å²) in [4.78, 5) is 24.4. The van der Waals surface area contributed by atoms with Crippen LogP contribution in [0.3, 0.4) is 0 Å². The molecule has 0 amide bonds. The summed E-state index contributed by atoms with van der Waals surface area (Å²) < 4.78 is 11.1. The molecule has 1 rings (SSSR count). The minimum Gasteiger partial charge on any atom is -0.463 e. The van der Waals surface area contributed by atoms with E-state index < -0.39 is 12.2 Å². The molecule has 1 aliphatic rings. The van der Waals surface area contributed by atoms with Gasteiger partial charge in [-0.3, -0.25) is 9.59 Å². The Bertz CT molecular complexity index is 728. The maximum absolute atomic E-state index is 12.6. The van der Waals surface area contributed by atoms with Gasteiger partial charge in [-0.2, -0.15) is 0 Å². The van der Waals surface area contributed by atoms with E-state index in [0.717, 1.165) is 64.2 Å². The van der Waals surface area contributed by atoms with Crippen LogP contribution >= 0.6 is 0 Å². The van der Waals surface area contributed by atoms with E-state index in [2.05, 4.69) is 25.7 Å². The van der Waals surface area contributed by atoms with Crippen molar-refractivity contribution < 1.29 is 29.3 Å². The van der Waals surface area contributed by atoms with Crippen molar-refractivity contribution in [3.05, 3.63) is 37.0 Å². The number of aliphatic hydroxyl groups is 2. The Balaban J connectivity index is 2.67. The van der Waals surface area contributed by atoms with Gasteiger partial charge in [-0.25, -0.2) is 0 Å². The molecule has 0 bridgehead atoms. The lowest BCUT2D eigenvalue weighted by Gasteiger charge is -2.23. The first-order valence-electron chi connectivity index (χ1n) is 15.5. The van der Waals surface area contributed by atoms with Crippen LogP contribution in [0.25, 0.3) is 0 Å². The molecule has 39 heavy (non-hydrogen) atoms. The molecule has 0 heterocycles. The lowest BCUT2D eigenvalue weighted by atomic mass is 9.89. The van der Waals surface area contributed by atoms with Crippen molar-refractivity contribution in [2.45, 2.75) is 148 Å². The van der Waals surface area contributed by atoms with E-state index in [9.17, 15) is 19.8 Å². The third-order valence-electron chi connectivity index (χ3n) is 7.31. The summed E-state index contributed by atoms with van der Waals surface area (Å²) in [6.07, 6.45) is 21.7. The zero-order chi connectivity index (χ0) is 28.9. The van der Waals surface area contributed by atoms with Crippen molar-refractivity contribution in [3.63, 3.8) is 0 Å². The Labute approximate surface area is 237 Å². The molecule has 0 aromatic heterocycles. The second-order valence-corrected chi connectivity index (χ2v) is 11.3. The van der Waals surface area contributed by atoms with Gasteiger partial charge in [0.15, 0.2) is 0 Å². The molecule has 0 radical (unpaired) electrons. The molecule has 6 nitrogen and oxygen atoms in total. The summed E-state index contributed by atoms with van der Waals surface area (Å²) in [7, 11) is 0. The van der Waals surface area contributed by atoms with Gasteiger partial charge in [-0.05, 0) is 58.8 Å². The second kappa shape index (κ2) is 21.8. The van der Waals surface area contributed by atoms with Crippen molar-refractivity contribution in [1.29, 1.82) is 0 Å². The first-order valence-corrected chi connectivity index (χ1v) is 15.5. The molecule has 1 saturated carbocycles. The van der Waals surface area contributed by atoms with Crippen LogP contribution in [-0.2, 0) is 19.1 Å². The van der Waals surface area contributed by atoms with Crippen LogP contribution in [0, 0.1) is 11.8 Å². The van der Waals surface area contributed by atoms with Gasteiger partial charge in [0.1, 0.15) is 6.10 Å². The van der Waals surface area contributed by atoms with Crippen LogP contribution < -0.4 is 0 Å². The summed E-state index contributed by atoms with van der Waals surface area (Å²) in [5.74, 6) is -0.604. The van der Waals surface area contributed by atoms with Gasteiger partial charge in [0.25, 0.3) is 0 Å². The van der Waals surface area contributed by atoms with E-state index in [4.69, 9.17) is 9.47 Å². The highest BCUT2D eigenvalue weighted by atomic mass is 16.5. The lowest BCUT2D eigenvalue weighted by Crippen LogP contribution is -2.25. The fourth-order valence-corrected chi connectivity index (χ4v) is 5.15. The minimum atomic E-state index is -0.615. The Morgan fingerprint density at radius 3 is 2.38 bits per heavy atom. The van der Waals surface area contributed by atoms with Crippen molar-refractivity contribution in [2.75, 3.05) is 0 Å². The highest BCUT2D eigenvalue weighted by Gasteiger charge is 2.42. The van der Waals surface area contributed by atoms with E-state index in [0.29, 0.717) is 38.5 Å². The lowest BCUT2D eigenvalue weighted by molar-refractivity contribution is -0.151. The summed E-state index contributed by atoms with van der Waals surface area (Å²) in [5.41, 5.74) is 0. The van der Waals surface area contributed by atoms with E-state index in [-0.39, 0.29) is 36.0 Å². The average molecular weight is 549 g/mol. The SMILES string of the molecule is C=CCCCCCCCC(=O)O[C@H]1C[C@@H](O)[C@H](/C=C/[C@@H](O)CCCCC)[C@H]1C/C=C\CCCC(=O)OC(C)C. The van der Waals surface area contributed by atoms with Crippen LogP contribution in [0.4, 0.5) is 0 Å². The Morgan fingerprint density at radius 1 is 0.949 bits per heavy atom. The number of allylic oxidation sites excluding steroid dienone is 3. The zero-order valence-electron chi connectivity index (χ0n) is 24.9. The van der Waals surface area contributed by atoms with Gasteiger partial charge in [0, 0.05) is 31.1 Å². The van der Waals surface area contributed by atoms with Crippen LogP contribution in [0.5, 0.6) is 0 Å². The number of unbranched alkanes of at least 4 members (excludes halogenated alkanes) is 8. The number of hydrogen-bond donors (Lipinski definition) is 2. The average Bonchev–Trinajstić information content (AvgIpc) is 3.17. The predicted octanol–water partition coefficient (Wildman–Crippen LogP) is 7.38. The molecule has 0 saturated heterocycles. The highest BCUT2D eigenvalue weighted by Crippen LogP contribution is 2.38. The molecule has 0 spiro atoms. The molecule has 0 aromatic carbocycles. The van der Waals surface area contributed by atoms with Gasteiger partial charge in [0.2, 0.25) is 0 Å². The normalized spacial score (nSPS) is 22.1. The second-order valence-electron chi connectivity index (χ2n) is 11.3. The molecule has 5 atom stereocenters. The molecular weight excluding hydrogens is 492 g/mol. The van der Waals surface area contributed by atoms with Crippen molar-refractivity contribution >= 4 is 11.9 Å². The smallest absolute Gasteiger partial charge is 0.306 e. The van der Waals surface area contributed by atoms with Gasteiger partial charge in [-0.1, -0.05) is 75.8 Å². The van der Waals surface area contributed by atoms with E-state index in [1.165, 1.54) is 0 Å². The molecular formula is C33H56O6. The Morgan fingerprint density at radius 2 is 1.67 bits per heavy atom. The molecule has 2 N–H and O–H groups in total. The number of rotatable bonds is 22. The monoisotopic (exact) mass is 548 g/mol.